The van der Waals surface area contributed by atoms with E-state index >= 15 is 0 Å². The number of carbonyl (C=O) groups excluding carboxylic acids is 2. The summed E-state index contributed by atoms with van der Waals surface area (Å²) in [6.07, 6.45) is 1.47. The SMILES string of the molecule is CC(=O)Nc1ccc(NC(=O)/C(C#N)=C/c2cc(C)c(O)c(C)c2)cc1. The van der Waals surface area contributed by atoms with Crippen LogP contribution in [0.15, 0.2) is 42.0 Å². The highest BCUT2D eigenvalue weighted by Gasteiger charge is 2.11. The van der Waals surface area contributed by atoms with Gasteiger partial charge in [0.05, 0.1) is 0 Å². The van der Waals surface area contributed by atoms with Crippen molar-refractivity contribution in [1.82, 2.24) is 0 Å². The van der Waals surface area contributed by atoms with E-state index in [9.17, 15) is 20.0 Å². The van der Waals surface area contributed by atoms with Crippen LogP contribution in [-0.2, 0) is 9.59 Å². The van der Waals surface area contributed by atoms with Crippen molar-refractivity contribution in [2.45, 2.75) is 20.8 Å². The Morgan fingerprint density at radius 3 is 2.00 bits per heavy atom. The van der Waals surface area contributed by atoms with Gasteiger partial charge in [-0.05, 0) is 73.0 Å². The minimum Gasteiger partial charge on any atom is -0.507 e. The minimum atomic E-state index is -0.539. The van der Waals surface area contributed by atoms with E-state index in [1.54, 1.807) is 50.2 Å². The molecule has 0 saturated heterocycles. The van der Waals surface area contributed by atoms with Gasteiger partial charge in [-0.2, -0.15) is 5.26 Å². The van der Waals surface area contributed by atoms with Crippen molar-refractivity contribution in [1.29, 1.82) is 5.26 Å². The molecule has 2 amide bonds. The fraction of sp³-hybridized carbons (Fsp3) is 0.150. The van der Waals surface area contributed by atoms with Crippen molar-refractivity contribution in [3.63, 3.8) is 0 Å². The summed E-state index contributed by atoms with van der Waals surface area (Å²) in [5.74, 6) is -0.525. The van der Waals surface area contributed by atoms with Gasteiger partial charge in [-0.25, -0.2) is 0 Å². The monoisotopic (exact) mass is 349 g/mol. The first-order valence-electron chi connectivity index (χ1n) is 7.91. The molecule has 0 fully saturated rings. The van der Waals surface area contributed by atoms with Crippen LogP contribution in [-0.4, -0.2) is 16.9 Å². The van der Waals surface area contributed by atoms with Crippen molar-refractivity contribution in [2.75, 3.05) is 10.6 Å². The van der Waals surface area contributed by atoms with Crippen LogP contribution in [0, 0.1) is 25.2 Å². The number of hydrogen-bond acceptors (Lipinski definition) is 4. The lowest BCUT2D eigenvalue weighted by Gasteiger charge is -2.07. The van der Waals surface area contributed by atoms with Crippen LogP contribution >= 0.6 is 0 Å². The summed E-state index contributed by atoms with van der Waals surface area (Å²) in [7, 11) is 0. The van der Waals surface area contributed by atoms with Crippen LogP contribution in [0.4, 0.5) is 11.4 Å². The van der Waals surface area contributed by atoms with Crippen molar-refractivity contribution in [3.05, 3.63) is 58.7 Å². The number of phenols is 1. The van der Waals surface area contributed by atoms with Gasteiger partial charge in [-0.1, -0.05) is 0 Å². The zero-order valence-electron chi connectivity index (χ0n) is 14.8. The Morgan fingerprint density at radius 2 is 1.54 bits per heavy atom. The van der Waals surface area contributed by atoms with Crippen LogP contribution < -0.4 is 10.6 Å². The number of aromatic hydroxyl groups is 1. The molecule has 0 atom stereocenters. The number of amides is 2. The Hall–Kier alpha value is -3.59. The molecule has 2 aromatic carbocycles. The van der Waals surface area contributed by atoms with E-state index in [1.165, 1.54) is 13.0 Å². The molecule has 0 spiro atoms. The van der Waals surface area contributed by atoms with Gasteiger partial charge in [-0.3, -0.25) is 9.59 Å². The van der Waals surface area contributed by atoms with Crippen LogP contribution in [0.5, 0.6) is 5.75 Å². The highest BCUT2D eigenvalue weighted by molar-refractivity contribution is 6.09. The van der Waals surface area contributed by atoms with E-state index in [-0.39, 0.29) is 17.2 Å². The van der Waals surface area contributed by atoms with Crippen LogP contribution in [0.1, 0.15) is 23.6 Å². The number of nitrogens with zero attached hydrogens (tertiary/aromatic N) is 1. The van der Waals surface area contributed by atoms with Crippen LogP contribution in [0.25, 0.3) is 6.08 Å². The molecule has 6 heteroatoms. The highest BCUT2D eigenvalue weighted by Crippen LogP contribution is 2.24. The maximum Gasteiger partial charge on any atom is 0.266 e. The van der Waals surface area contributed by atoms with Gasteiger partial charge < -0.3 is 15.7 Å². The Morgan fingerprint density at radius 1 is 1.04 bits per heavy atom. The van der Waals surface area contributed by atoms with Crippen LogP contribution in [0.3, 0.4) is 0 Å². The summed E-state index contributed by atoms with van der Waals surface area (Å²) in [5.41, 5.74) is 3.06. The second-order valence-electron chi connectivity index (χ2n) is 5.89. The molecule has 2 rings (SSSR count). The van der Waals surface area contributed by atoms with E-state index in [4.69, 9.17) is 0 Å². The highest BCUT2D eigenvalue weighted by atomic mass is 16.3. The van der Waals surface area contributed by atoms with E-state index in [0.717, 1.165) is 0 Å². The number of carbonyl (C=O) groups is 2. The maximum absolute atomic E-state index is 12.3. The van der Waals surface area contributed by atoms with Crippen molar-refractivity contribution in [2.24, 2.45) is 0 Å². The molecule has 3 N–H and O–H groups in total. The molecule has 0 aliphatic heterocycles. The zero-order valence-corrected chi connectivity index (χ0v) is 14.8. The summed E-state index contributed by atoms with van der Waals surface area (Å²) in [6.45, 7) is 4.91. The van der Waals surface area contributed by atoms with E-state index in [0.29, 0.717) is 28.1 Å². The summed E-state index contributed by atoms with van der Waals surface area (Å²) in [6, 6.07) is 11.9. The lowest BCUT2D eigenvalue weighted by atomic mass is 10.0. The summed E-state index contributed by atoms with van der Waals surface area (Å²) in [5, 5.41) is 24.4. The molecule has 0 saturated carbocycles. The predicted molar refractivity (Wildman–Crippen MR) is 101 cm³/mol. The Bertz CT molecular complexity index is 899. The summed E-state index contributed by atoms with van der Waals surface area (Å²) >= 11 is 0. The van der Waals surface area contributed by atoms with Gasteiger partial charge in [-0.15, -0.1) is 0 Å². The molecular formula is C20H19N3O3. The van der Waals surface area contributed by atoms with Crippen LogP contribution in [0.2, 0.25) is 0 Å². The molecule has 0 aromatic heterocycles. The molecular weight excluding hydrogens is 330 g/mol. The largest absolute Gasteiger partial charge is 0.507 e. The molecule has 26 heavy (non-hydrogen) atoms. The lowest BCUT2D eigenvalue weighted by Crippen LogP contribution is -2.13. The number of nitriles is 1. The molecule has 0 aliphatic carbocycles. The summed E-state index contributed by atoms with van der Waals surface area (Å²) in [4.78, 5) is 23.3. The van der Waals surface area contributed by atoms with E-state index in [1.807, 2.05) is 6.07 Å². The number of nitrogens with one attached hydrogen (secondary N) is 2. The second-order valence-corrected chi connectivity index (χ2v) is 5.89. The second kappa shape index (κ2) is 7.99. The van der Waals surface area contributed by atoms with Crippen molar-refractivity contribution >= 4 is 29.3 Å². The maximum atomic E-state index is 12.3. The molecule has 0 aliphatic rings. The average Bonchev–Trinajstić information content (AvgIpc) is 2.58. The summed E-state index contributed by atoms with van der Waals surface area (Å²) < 4.78 is 0. The normalized spacial score (nSPS) is 10.8. The number of aryl methyl sites for hydroxylation is 2. The Balaban J connectivity index is 2.18. The van der Waals surface area contributed by atoms with Crippen molar-refractivity contribution < 1.29 is 14.7 Å². The van der Waals surface area contributed by atoms with Gasteiger partial charge in [0, 0.05) is 18.3 Å². The molecule has 0 heterocycles. The first kappa shape index (κ1) is 18.7. The average molecular weight is 349 g/mol. The molecule has 2 aromatic rings. The first-order chi connectivity index (χ1) is 12.3. The quantitative estimate of drug-likeness (QED) is 0.580. The molecule has 132 valence electrons. The fourth-order valence-electron chi connectivity index (χ4n) is 2.43. The molecule has 0 bridgehead atoms. The minimum absolute atomic E-state index is 0.0552. The van der Waals surface area contributed by atoms with Gasteiger partial charge >= 0.3 is 0 Å². The number of hydrogen-bond donors (Lipinski definition) is 3. The number of rotatable bonds is 4. The van der Waals surface area contributed by atoms with Gasteiger partial charge in [0.1, 0.15) is 17.4 Å². The Labute approximate surface area is 151 Å². The third kappa shape index (κ3) is 4.71. The van der Waals surface area contributed by atoms with Gasteiger partial charge in [0.2, 0.25) is 5.91 Å². The smallest absolute Gasteiger partial charge is 0.266 e. The van der Waals surface area contributed by atoms with E-state index < -0.39 is 5.91 Å². The number of benzene rings is 2. The van der Waals surface area contributed by atoms with Crippen molar-refractivity contribution in [3.8, 4) is 11.8 Å². The molecule has 0 radical (unpaired) electrons. The molecule has 0 unspecified atom stereocenters. The predicted octanol–water partition coefficient (Wildman–Crippen LogP) is 3.51. The number of anilines is 2. The fourth-order valence-corrected chi connectivity index (χ4v) is 2.43. The molecule has 6 nitrogen and oxygen atoms in total. The van der Waals surface area contributed by atoms with Gasteiger partial charge in [0.25, 0.3) is 5.91 Å². The van der Waals surface area contributed by atoms with E-state index in [2.05, 4.69) is 10.6 Å². The number of phenolic OH excluding ortho intramolecular Hbond substituents is 1. The first-order valence-corrected chi connectivity index (χ1v) is 7.91. The third-order valence-corrected chi connectivity index (χ3v) is 3.65. The lowest BCUT2D eigenvalue weighted by molar-refractivity contribution is -0.114. The zero-order chi connectivity index (χ0) is 19.3. The third-order valence-electron chi connectivity index (χ3n) is 3.65. The Kier molecular flexibility index (Phi) is 5.76. The van der Waals surface area contributed by atoms with Gasteiger partial charge in [0.15, 0.2) is 0 Å². The standard InChI is InChI=1S/C20H19N3O3/c1-12-8-15(9-13(2)19(12)25)10-16(11-21)20(26)23-18-6-4-17(5-7-18)22-14(3)24/h4-10,25H,1-3H3,(H,22,24)(H,23,26)/b16-10+. The topological polar surface area (TPSA) is 102 Å².